The lowest BCUT2D eigenvalue weighted by molar-refractivity contribution is 0.0739. The molecule has 0 spiro atoms. The van der Waals surface area contributed by atoms with E-state index in [0.29, 0.717) is 30.6 Å². The summed E-state index contributed by atoms with van der Waals surface area (Å²) in [5, 5.41) is 17.1. The molecule has 44 heavy (non-hydrogen) atoms. The first-order valence-electron chi connectivity index (χ1n) is 14.5. The molecule has 3 aromatic rings. The number of rotatable bonds is 10. The highest BCUT2D eigenvalue weighted by Gasteiger charge is 2.33. The molecular weight excluding hydrogens is 592 g/mol. The molecule has 0 aromatic heterocycles. The molecule has 234 valence electrons. The predicted molar refractivity (Wildman–Crippen MR) is 160 cm³/mol. The number of aliphatic hydroxyl groups is 1. The van der Waals surface area contributed by atoms with Crippen molar-refractivity contribution in [1.29, 1.82) is 0 Å². The second kappa shape index (κ2) is 13.0. The van der Waals surface area contributed by atoms with E-state index in [0.717, 1.165) is 35.7 Å². The molecule has 0 radical (unpaired) electrons. The molecule has 9 nitrogen and oxygen atoms in total. The summed E-state index contributed by atoms with van der Waals surface area (Å²) in [4.78, 5) is 28.5. The number of fused-ring (bicyclic) bond motifs is 2. The fourth-order valence-corrected chi connectivity index (χ4v) is 7.07. The number of aliphatic hydroxyl groups excluding tert-OH is 1. The number of aryl methyl sites for hydroxylation is 1. The average Bonchev–Trinajstić information content (AvgIpc) is 2.96. The second-order valence-corrected chi connectivity index (χ2v) is 12.9. The normalized spacial score (nSPS) is 18.5. The first-order valence-corrected chi connectivity index (χ1v) is 16.1. The Morgan fingerprint density at radius 3 is 2.59 bits per heavy atom. The molecule has 2 amide bonds. The van der Waals surface area contributed by atoms with E-state index in [1.54, 1.807) is 35.2 Å². The minimum atomic E-state index is -3.88. The number of nitrogens with zero attached hydrogens (tertiary/aromatic N) is 1. The first-order chi connectivity index (χ1) is 20.9. The third-order valence-electron chi connectivity index (χ3n) is 7.99. The van der Waals surface area contributed by atoms with Crippen molar-refractivity contribution in [3.8, 4) is 5.75 Å². The SMILES string of the molecule is CCCN1CCc2c(C)cc(C(=O)NC(Cc3cc(F)cc(F)c3)C(O)CNC3CS(=O)(=O)Oc4ccccc43)cc2C1=O. The van der Waals surface area contributed by atoms with Gasteiger partial charge in [-0.15, -0.1) is 0 Å². The maximum absolute atomic E-state index is 14.0. The molecule has 3 atom stereocenters. The summed E-state index contributed by atoms with van der Waals surface area (Å²) in [5.74, 6) is -2.52. The smallest absolute Gasteiger partial charge is 0.311 e. The summed E-state index contributed by atoms with van der Waals surface area (Å²) in [6, 6.07) is 11.1. The summed E-state index contributed by atoms with van der Waals surface area (Å²) in [7, 11) is -3.88. The standard InChI is InChI=1S/C32H35F2N3O6S/c1-3-9-37-10-8-24-19(2)11-21(15-26(24)32(37)40)31(39)36-27(14-20-12-22(33)16-23(34)13-20)29(38)17-35-28-18-44(41,42)43-30-7-5-4-6-25(28)30/h4-7,11-13,15-16,27-29,35,38H,3,8-10,14,17-18H2,1-2H3,(H,36,39). The highest BCUT2D eigenvalue weighted by molar-refractivity contribution is 7.87. The molecule has 0 aliphatic carbocycles. The molecule has 3 aromatic carbocycles. The lowest BCUT2D eigenvalue weighted by Crippen LogP contribution is -2.50. The Morgan fingerprint density at radius 1 is 1.14 bits per heavy atom. The molecule has 12 heteroatoms. The highest BCUT2D eigenvalue weighted by Crippen LogP contribution is 2.32. The van der Waals surface area contributed by atoms with Crippen LogP contribution in [0.5, 0.6) is 5.75 Å². The van der Waals surface area contributed by atoms with Gasteiger partial charge in [0.1, 0.15) is 23.1 Å². The Morgan fingerprint density at radius 2 is 1.86 bits per heavy atom. The van der Waals surface area contributed by atoms with Gasteiger partial charge in [-0.3, -0.25) is 9.59 Å². The van der Waals surface area contributed by atoms with Crippen LogP contribution in [0.2, 0.25) is 0 Å². The molecule has 0 fully saturated rings. The van der Waals surface area contributed by atoms with Crippen LogP contribution >= 0.6 is 0 Å². The van der Waals surface area contributed by atoms with E-state index in [-0.39, 0.29) is 41.5 Å². The molecule has 2 aliphatic rings. The number of hydrogen-bond donors (Lipinski definition) is 3. The van der Waals surface area contributed by atoms with Crippen molar-refractivity contribution in [1.82, 2.24) is 15.5 Å². The number of carbonyl (C=O) groups excluding carboxylic acids is 2. The van der Waals surface area contributed by atoms with Gasteiger partial charge in [-0.2, -0.15) is 8.42 Å². The van der Waals surface area contributed by atoms with Gasteiger partial charge in [-0.25, -0.2) is 8.78 Å². The molecule has 5 rings (SSSR count). The van der Waals surface area contributed by atoms with E-state index in [1.165, 1.54) is 6.07 Å². The van der Waals surface area contributed by atoms with Crippen LogP contribution in [-0.2, 0) is 23.0 Å². The van der Waals surface area contributed by atoms with Crippen LogP contribution in [0.4, 0.5) is 8.78 Å². The molecular formula is C32H35F2N3O6S. The van der Waals surface area contributed by atoms with Gasteiger partial charge in [-0.05, 0) is 73.2 Å². The quantitative estimate of drug-likeness (QED) is 0.294. The van der Waals surface area contributed by atoms with Gasteiger partial charge in [-0.1, -0.05) is 25.1 Å². The third kappa shape index (κ3) is 7.09. The number of para-hydroxylation sites is 1. The van der Waals surface area contributed by atoms with E-state index >= 15 is 0 Å². The topological polar surface area (TPSA) is 125 Å². The zero-order valence-corrected chi connectivity index (χ0v) is 25.3. The van der Waals surface area contributed by atoms with Crippen LogP contribution in [0.3, 0.4) is 0 Å². The third-order valence-corrected chi connectivity index (χ3v) is 9.17. The fourth-order valence-electron chi connectivity index (χ4n) is 5.87. The Bertz CT molecular complexity index is 1660. The fraction of sp³-hybridized carbons (Fsp3) is 0.375. The van der Waals surface area contributed by atoms with Gasteiger partial charge >= 0.3 is 10.1 Å². The van der Waals surface area contributed by atoms with Crippen molar-refractivity contribution in [3.63, 3.8) is 0 Å². The van der Waals surface area contributed by atoms with Gasteiger partial charge < -0.3 is 24.8 Å². The van der Waals surface area contributed by atoms with Crippen molar-refractivity contribution in [2.45, 2.75) is 51.3 Å². The van der Waals surface area contributed by atoms with Gasteiger partial charge in [0, 0.05) is 42.4 Å². The van der Waals surface area contributed by atoms with E-state index in [9.17, 15) is 31.9 Å². The summed E-state index contributed by atoms with van der Waals surface area (Å²) in [6.07, 6.45) is 0.0557. The number of halogens is 2. The summed E-state index contributed by atoms with van der Waals surface area (Å²) >= 11 is 0. The van der Waals surface area contributed by atoms with Gasteiger partial charge in [0.15, 0.2) is 0 Å². The monoisotopic (exact) mass is 627 g/mol. The minimum Gasteiger partial charge on any atom is -0.390 e. The Kier molecular flexibility index (Phi) is 9.33. The lowest BCUT2D eigenvalue weighted by atomic mass is 9.91. The van der Waals surface area contributed by atoms with Crippen molar-refractivity contribution < 1.29 is 36.1 Å². The maximum atomic E-state index is 14.0. The van der Waals surface area contributed by atoms with Crippen molar-refractivity contribution in [2.75, 3.05) is 25.4 Å². The molecule has 3 unspecified atom stereocenters. The molecule has 0 saturated carbocycles. The van der Waals surface area contributed by atoms with Crippen LogP contribution in [0.1, 0.15) is 62.4 Å². The molecule has 2 aliphatic heterocycles. The Hall–Kier alpha value is -3.87. The van der Waals surface area contributed by atoms with Crippen molar-refractivity contribution in [3.05, 3.63) is 99.6 Å². The van der Waals surface area contributed by atoms with Gasteiger partial charge in [0.2, 0.25) is 0 Å². The molecule has 3 N–H and O–H groups in total. The largest absolute Gasteiger partial charge is 0.390 e. The number of amides is 2. The maximum Gasteiger partial charge on any atom is 0.311 e. The lowest BCUT2D eigenvalue weighted by Gasteiger charge is -2.30. The summed E-state index contributed by atoms with van der Waals surface area (Å²) < 4.78 is 57.8. The number of carbonyl (C=O) groups is 2. The second-order valence-electron chi connectivity index (χ2n) is 11.3. The summed E-state index contributed by atoms with van der Waals surface area (Å²) in [5.41, 5.74) is 3.16. The van der Waals surface area contributed by atoms with Crippen LogP contribution in [0.25, 0.3) is 0 Å². The summed E-state index contributed by atoms with van der Waals surface area (Å²) in [6.45, 7) is 4.88. The number of hydrogen-bond acceptors (Lipinski definition) is 7. The van der Waals surface area contributed by atoms with Crippen LogP contribution in [-0.4, -0.2) is 67.8 Å². The predicted octanol–water partition coefficient (Wildman–Crippen LogP) is 3.44. The van der Waals surface area contributed by atoms with E-state index in [4.69, 9.17) is 4.18 Å². The van der Waals surface area contributed by atoms with Crippen LogP contribution in [0, 0.1) is 18.6 Å². The number of benzene rings is 3. The van der Waals surface area contributed by atoms with E-state index in [2.05, 4.69) is 10.6 Å². The van der Waals surface area contributed by atoms with E-state index < -0.39 is 45.8 Å². The van der Waals surface area contributed by atoms with E-state index in [1.807, 2.05) is 13.8 Å². The Labute approximate surface area is 255 Å². The molecule has 0 saturated heterocycles. The van der Waals surface area contributed by atoms with Crippen molar-refractivity contribution in [2.24, 2.45) is 0 Å². The highest BCUT2D eigenvalue weighted by atomic mass is 32.2. The van der Waals surface area contributed by atoms with Gasteiger partial charge in [0.05, 0.1) is 18.2 Å². The van der Waals surface area contributed by atoms with Crippen LogP contribution < -0.4 is 14.8 Å². The average molecular weight is 628 g/mol. The van der Waals surface area contributed by atoms with Crippen molar-refractivity contribution >= 4 is 21.9 Å². The minimum absolute atomic E-state index is 0.126. The van der Waals surface area contributed by atoms with Crippen LogP contribution in [0.15, 0.2) is 54.6 Å². The van der Waals surface area contributed by atoms with Gasteiger partial charge in [0.25, 0.3) is 11.8 Å². The zero-order chi connectivity index (χ0) is 31.6. The zero-order valence-electron chi connectivity index (χ0n) is 24.5. The molecule has 0 bridgehead atoms. The first kappa shape index (κ1) is 31.6. The number of nitrogens with one attached hydrogen (secondary N) is 2. The Balaban J connectivity index is 1.39. The molecule has 2 heterocycles.